The Labute approximate surface area is 164 Å². The van der Waals surface area contributed by atoms with Crippen LogP contribution in [0, 0.1) is 5.82 Å². The Kier molecular flexibility index (Phi) is 5.60. The molecule has 0 radical (unpaired) electrons. The van der Waals surface area contributed by atoms with Gasteiger partial charge in [-0.2, -0.15) is 0 Å². The molecule has 9 heteroatoms. The van der Waals surface area contributed by atoms with Crippen molar-refractivity contribution in [3.8, 4) is 5.75 Å². The highest BCUT2D eigenvalue weighted by Crippen LogP contribution is 2.27. The lowest BCUT2D eigenvalue weighted by atomic mass is 10.2. The fourth-order valence-corrected chi connectivity index (χ4v) is 2.63. The number of ether oxygens (including phenoxy) is 1. The Morgan fingerprint density at radius 2 is 1.96 bits per heavy atom. The summed E-state index contributed by atoms with van der Waals surface area (Å²) < 4.78 is 18.3. The van der Waals surface area contributed by atoms with Gasteiger partial charge >= 0.3 is 6.03 Å². The first kappa shape index (κ1) is 19.4. The summed E-state index contributed by atoms with van der Waals surface area (Å²) in [6, 6.07) is 9.54. The zero-order chi connectivity index (χ0) is 20.3. The van der Waals surface area contributed by atoms with Crippen molar-refractivity contribution in [3.63, 3.8) is 0 Å². The number of imide groups is 1. The summed E-state index contributed by atoms with van der Waals surface area (Å²) in [7, 11) is 1.37. The van der Waals surface area contributed by atoms with Gasteiger partial charge in [0.25, 0.3) is 11.8 Å². The largest absolute Gasteiger partial charge is 0.482 e. The smallest absolute Gasteiger partial charge is 0.328 e. The molecule has 1 aliphatic rings. The van der Waals surface area contributed by atoms with E-state index in [2.05, 4.69) is 10.6 Å². The molecule has 2 aromatic carbocycles. The quantitative estimate of drug-likeness (QED) is 0.593. The van der Waals surface area contributed by atoms with Crippen LogP contribution in [0.5, 0.6) is 5.75 Å². The SMILES string of the molecule is CN1C(=O)N/C(=C/c2ccc(OCC(=O)Nc3ccc(F)cc3)c(Cl)c2)C1=O. The number of likely N-dealkylation sites (N-methyl/N-ethyl adjacent to an activating group) is 1. The second kappa shape index (κ2) is 8.10. The van der Waals surface area contributed by atoms with Gasteiger partial charge in [0.2, 0.25) is 0 Å². The molecule has 28 heavy (non-hydrogen) atoms. The van der Waals surface area contributed by atoms with E-state index in [-0.39, 0.29) is 23.1 Å². The molecule has 2 N–H and O–H groups in total. The van der Waals surface area contributed by atoms with E-state index in [1.807, 2.05) is 0 Å². The second-order valence-electron chi connectivity index (χ2n) is 5.89. The molecule has 4 amide bonds. The van der Waals surface area contributed by atoms with Crippen LogP contribution in [0.3, 0.4) is 0 Å². The average Bonchev–Trinajstić information content (AvgIpc) is 2.90. The summed E-state index contributed by atoms with van der Waals surface area (Å²) in [6.07, 6.45) is 1.49. The third-order valence-corrected chi connectivity index (χ3v) is 4.13. The van der Waals surface area contributed by atoms with E-state index >= 15 is 0 Å². The lowest BCUT2D eigenvalue weighted by molar-refractivity contribution is -0.122. The van der Waals surface area contributed by atoms with Crippen molar-refractivity contribution in [2.24, 2.45) is 0 Å². The molecule has 2 aromatic rings. The van der Waals surface area contributed by atoms with Gasteiger partial charge in [0.1, 0.15) is 17.3 Å². The number of carbonyl (C=O) groups is 3. The topological polar surface area (TPSA) is 87.7 Å². The van der Waals surface area contributed by atoms with Gasteiger partial charge in [-0.15, -0.1) is 0 Å². The molecular formula is C19H15ClFN3O4. The Morgan fingerprint density at radius 1 is 1.25 bits per heavy atom. The number of halogens is 2. The van der Waals surface area contributed by atoms with Gasteiger partial charge in [0, 0.05) is 12.7 Å². The van der Waals surface area contributed by atoms with Gasteiger partial charge in [0.05, 0.1) is 5.02 Å². The number of rotatable bonds is 5. The number of amides is 4. The van der Waals surface area contributed by atoms with Crippen LogP contribution in [0.4, 0.5) is 14.9 Å². The van der Waals surface area contributed by atoms with Crippen molar-refractivity contribution < 1.29 is 23.5 Å². The van der Waals surface area contributed by atoms with E-state index in [1.165, 1.54) is 37.4 Å². The first-order chi connectivity index (χ1) is 13.3. The van der Waals surface area contributed by atoms with Crippen molar-refractivity contribution in [3.05, 3.63) is 64.6 Å². The highest BCUT2D eigenvalue weighted by molar-refractivity contribution is 6.32. The minimum Gasteiger partial charge on any atom is -0.482 e. The van der Waals surface area contributed by atoms with Crippen LogP contribution in [0.25, 0.3) is 6.08 Å². The van der Waals surface area contributed by atoms with Gasteiger partial charge in [-0.25, -0.2) is 9.18 Å². The van der Waals surface area contributed by atoms with Crippen LogP contribution >= 0.6 is 11.6 Å². The maximum Gasteiger partial charge on any atom is 0.328 e. The Balaban J connectivity index is 1.61. The van der Waals surface area contributed by atoms with Gasteiger partial charge in [0.15, 0.2) is 6.61 Å². The molecule has 7 nitrogen and oxygen atoms in total. The van der Waals surface area contributed by atoms with Crippen LogP contribution in [0.15, 0.2) is 48.2 Å². The molecule has 0 saturated carbocycles. The minimum absolute atomic E-state index is 0.135. The monoisotopic (exact) mass is 403 g/mol. The number of hydrogen-bond donors (Lipinski definition) is 2. The maximum absolute atomic E-state index is 12.9. The summed E-state index contributed by atoms with van der Waals surface area (Å²) in [6.45, 7) is -0.295. The molecular weight excluding hydrogens is 389 g/mol. The summed E-state index contributed by atoms with van der Waals surface area (Å²) in [5, 5.41) is 5.25. The lowest BCUT2D eigenvalue weighted by Gasteiger charge is -2.09. The van der Waals surface area contributed by atoms with Crippen LogP contribution < -0.4 is 15.4 Å². The predicted octanol–water partition coefficient (Wildman–Crippen LogP) is 3.02. The fraction of sp³-hybridized carbons (Fsp3) is 0.105. The summed E-state index contributed by atoms with van der Waals surface area (Å²) >= 11 is 6.16. The molecule has 144 valence electrons. The van der Waals surface area contributed by atoms with Gasteiger partial charge in [-0.05, 0) is 48.0 Å². The Morgan fingerprint density at radius 3 is 2.57 bits per heavy atom. The van der Waals surface area contributed by atoms with Gasteiger partial charge in [-0.3, -0.25) is 14.5 Å². The summed E-state index contributed by atoms with van der Waals surface area (Å²) in [5.74, 6) is -1.01. The van der Waals surface area contributed by atoms with Crippen molar-refractivity contribution in [2.75, 3.05) is 19.0 Å². The number of carbonyl (C=O) groups excluding carboxylic acids is 3. The molecule has 3 rings (SSSR count). The van der Waals surface area contributed by atoms with Gasteiger partial charge in [-0.1, -0.05) is 17.7 Å². The zero-order valence-electron chi connectivity index (χ0n) is 14.7. The molecule has 0 bridgehead atoms. The molecule has 0 spiro atoms. The lowest BCUT2D eigenvalue weighted by Crippen LogP contribution is -2.25. The van der Waals surface area contributed by atoms with Crippen molar-refractivity contribution >= 4 is 41.2 Å². The summed E-state index contributed by atoms with van der Waals surface area (Å²) in [4.78, 5) is 36.2. The average molecular weight is 404 g/mol. The molecule has 0 atom stereocenters. The molecule has 1 saturated heterocycles. The number of anilines is 1. The standard InChI is InChI=1S/C19H15ClFN3O4/c1-24-18(26)15(23-19(24)27)9-11-2-7-16(14(20)8-11)28-10-17(25)22-13-5-3-12(21)4-6-13/h2-9H,10H2,1H3,(H,22,25)(H,23,27)/b15-9+. The number of nitrogens with zero attached hydrogens (tertiary/aromatic N) is 1. The fourth-order valence-electron chi connectivity index (χ4n) is 2.39. The van der Waals surface area contributed by atoms with E-state index in [1.54, 1.807) is 18.2 Å². The van der Waals surface area contributed by atoms with E-state index in [0.29, 0.717) is 11.3 Å². The highest BCUT2D eigenvalue weighted by Gasteiger charge is 2.29. The first-order valence-electron chi connectivity index (χ1n) is 8.12. The molecule has 0 unspecified atom stereocenters. The van der Waals surface area contributed by atoms with Crippen molar-refractivity contribution in [1.29, 1.82) is 0 Å². The van der Waals surface area contributed by atoms with Crippen LogP contribution in [-0.4, -0.2) is 36.4 Å². The molecule has 0 aromatic heterocycles. The molecule has 1 aliphatic heterocycles. The number of benzene rings is 2. The molecule has 0 aliphatic carbocycles. The van der Waals surface area contributed by atoms with Gasteiger partial charge < -0.3 is 15.4 Å². The Hall–Kier alpha value is -3.39. The van der Waals surface area contributed by atoms with Crippen molar-refractivity contribution in [1.82, 2.24) is 10.2 Å². The minimum atomic E-state index is -0.505. The van der Waals surface area contributed by atoms with E-state index < -0.39 is 23.7 Å². The second-order valence-corrected chi connectivity index (χ2v) is 6.29. The normalized spacial score (nSPS) is 15.0. The zero-order valence-corrected chi connectivity index (χ0v) is 15.4. The van der Waals surface area contributed by atoms with E-state index in [0.717, 1.165) is 4.90 Å². The van der Waals surface area contributed by atoms with Crippen molar-refractivity contribution in [2.45, 2.75) is 0 Å². The van der Waals surface area contributed by atoms with Crippen LogP contribution in [0.2, 0.25) is 5.02 Å². The van der Waals surface area contributed by atoms with Crippen LogP contribution in [0.1, 0.15) is 5.56 Å². The number of urea groups is 1. The summed E-state index contributed by atoms with van der Waals surface area (Å²) in [5.41, 5.74) is 1.15. The maximum atomic E-state index is 12.9. The van der Waals surface area contributed by atoms with Crippen LogP contribution in [-0.2, 0) is 9.59 Å². The molecule has 1 fully saturated rings. The highest BCUT2D eigenvalue weighted by atomic mass is 35.5. The number of hydrogen-bond acceptors (Lipinski definition) is 4. The number of nitrogens with one attached hydrogen (secondary N) is 2. The molecule has 1 heterocycles. The first-order valence-corrected chi connectivity index (χ1v) is 8.50. The van der Waals surface area contributed by atoms with E-state index in [9.17, 15) is 18.8 Å². The predicted molar refractivity (Wildman–Crippen MR) is 101 cm³/mol. The third kappa shape index (κ3) is 4.47. The Bertz CT molecular complexity index is 976. The van der Waals surface area contributed by atoms with E-state index in [4.69, 9.17) is 16.3 Å². The third-order valence-electron chi connectivity index (χ3n) is 3.83.